The molecule has 0 aromatic heterocycles. The highest BCUT2D eigenvalue weighted by Crippen LogP contribution is 2.15. The number of Topliss-reactive ketones (excluding diaryl/α,β-unsaturated/α-hetero) is 1. The molecular formula is C11H13BO3. The van der Waals surface area contributed by atoms with E-state index >= 15 is 0 Å². The lowest BCUT2D eigenvalue weighted by Crippen LogP contribution is -2.34. The zero-order valence-corrected chi connectivity index (χ0v) is 8.86. The standard InChI is InChI=1S/C11H13BO3/c1-7(2)11(13)9-5-3-4-8-6-15-12(14)10(8)9/h3-5,7,14H,6H2,1-2H3. The molecule has 1 N–H and O–H groups in total. The zero-order chi connectivity index (χ0) is 11.0. The molecule has 0 atom stereocenters. The van der Waals surface area contributed by atoms with E-state index in [4.69, 9.17) is 4.65 Å². The smallest absolute Gasteiger partial charge is 0.423 e. The predicted octanol–water partition coefficient (Wildman–Crippen LogP) is 0.743. The monoisotopic (exact) mass is 204 g/mol. The molecule has 0 aliphatic carbocycles. The van der Waals surface area contributed by atoms with Gasteiger partial charge in [0.05, 0.1) is 6.61 Å². The van der Waals surface area contributed by atoms with E-state index in [0.717, 1.165) is 5.56 Å². The van der Waals surface area contributed by atoms with Gasteiger partial charge in [0, 0.05) is 11.5 Å². The minimum atomic E-state index is -0.945. The number of ketones is 1. The number of rotatable bonds is 2. The van der Waals surface area contributed by atoms with Crippen LogP contribution >= 0.6 is 0 Å². The first-order chi connectivity index (χ1) is 7.11. The summed E-state index contributed by atoms with van der Waals surface area (Å²) in [6.45, 7) is 4.09. The van der Waals surface area contributed by atoms with Gasteiger partial charge in [-0.3, -0.25) is 4.79 Å². The summed E-state index contributed by atoms with van der Waals surface area (Å²) in [5, 5.41) is 9.62. The molecule has 1 aliphatic heterocycles. The van der Waals surface area contributed by atoms with E-state index in [1.54, 1.807) is 6.07 Å². The van der Waals surface area contributed by atoms with Crippen LogP contribution in [0.4, 0.5) is 0 Å². The van der Waals surface area contributed by atoms with Gasteiger partial charge < -0.3 is 9.68 Å². The highest BCUT2D eigenvalue weighted by atomic mass is 16.5. The average molecular weight is 204 g/mol. The van der Waals surface area contributed by atoms with E-state index in [1.807, 2.05) is 26.0 Å². The second-order valence-electron chi connectivity index (χ2n) is 4.06. The molecule has 1 aliphatic rings. The first kappa shape index (κ1) is 10.4. The van der Waals surface area contributed by atoms with Crippen LogP contribution in [0.25, 0.3) is 0 Å². The second-order valence-corrected chi connectivity index (χ2v) is 4.06. The molecule has 1 aromatic rings. The summed E-state index contributed by atoms with van der Waals surface area (Å²) in [5.41, 5.74) is 2.15. The summed E-state index contributed by atoms with van der Waals surface area (Å²) in [6, 6.07) is 5.46. The Labute approximate surface area is 89.2 Å². The maximum atomic E-state index is 11.9. The van der Waals surface area contributed by atoms with Gasteiger partial charge in [0.15, 0.2) is 5.78 Å². The summed E-state index contributed by atoms with van der Waals surface area (Å²) in [7, 11) is -0.945. The van der Waals surface area contributed by atoms with Crippen LogP contribution in [-0.2, 0) is 11.3 Å². The van der Waals surface area contributed by atoms with E-state index in [1.165, 1.54) is 0 Å². The molecule has 0 spiro atoms. The fourth-order valence-corrected chi connectivity index (χ4v) is 1.81. The Kier molecular flexibility index (Phi) is 2.63. The second kappa shape index (κ2) is 3.79. The molecule has 78 valence electrons. The van der Waals surface area contributed by atoms with E-state index in [9.17, 15) is 9.82 Å². The quantitative estimate of drug-likeness (QED) is 0.570. The van der Waals surface area contributed by atoms with Gasteiger partial charge in [-0.2, -0.15) is 0 Å². The van der Waals surface area contributed by atoms with E-state index in [0.29, 0.717) is 17.6 Å². The third kappa shape index (κ3) is 1.71. The van der Waals surface area contributed by atoms with E-state index < -0.39 is 7.12 Å². The molecule has 0 unspecified atom stereocenters. The SMILES string of the molecule is CC(C)C(=O)c1cccc2c1B(O)OC2. The largest absolute Gasteiger partial charge is 0.492 e. The summed E-state index contributed by atoms with van der Waals surface area (Å²) in [6.07, 6.45) is 0. The summed E-state index contributed by atoms with van der Waals surface area (Å²) < 4.78 is 5.10. The third-order valence-electron chi connectivity index (χ3n) is 2.63. The Hall–Kier alpha value is -1.13. The van der Waals surface area contributed by atoms with Crippen LogP contribution in [0, 0.1) is 5.92 Å². The molecule has 4 heteroatoms. The zero-order valence-electron chi connectivity index (χ0n) is 8.86. The lowest BCUT2D eigenvalue weighted by Gasteiger charge is -2.09. The summed E-state index contributed by atoms with van der Waals surface area (Å²) >= 11 is 0. The van der Waals surface area contributed by atoms with Crippen LogP contribution in [0.5, 0.6) is 0 Å². The summed E-state index contributed by atoms with van der Waals surface area (Å²) in [4.78, 5) is 11.9. The van der Waals surface area contributed by atoms with E-state index in [-0.39, 0.29) is 11.7 Å². The number of carbonyl (C=O) groups is 1. The summed E-state index contributed by atoms with van der Waals surface area (Å²) in [5.74, 6) is -0.0132. The lowest BCUT2D eigenvalue weighted by atomic mass is 9.74. The number of fused-ring (bicyclic) bond motifs is 1. The van der Waals surface area contributed by atoms with Crippen molar-refractivity contribution < 1.29 is 14.5 Å². The lowest BCUT2D eigenvalue weighted by molar-refractivity contribution is 0.0940. The fraction of sp³-hybridized carbons (Fsp3) is 0.364. The molecule has 15 heavy (non-hydrogen) atoms. The average Bonchev–Trinajstić information content (AvgIpc) is 2.59. The molecule has 1 heterocycles. The van der Waals surface area contributed by atoms with Crippen molar-refractivity contribution in [2.75, 3.05) is 0 Å². The number of hydrogen-bond acceptors (Lipinski definition) is 3. The van der Waals surface area contributed by atoms with Crippen molar-refractivity contribution in [3.05, 3.63) is 29.3 Å². The normalized spacial score (nSPS) is 14.5. The van der Waals surface area contributed by atoms with Crippen LogP contribution in [0.1, 0.15) is 29.8 Å². The van der Waals surface area contributed by atoms with Gasteiger partial charge in [-0.05, 0) is 11.0 Å². The molecule has 0 fully saturated rings. The number of carbonyl (C=O) groups excluding carboxylic acids is 1. The van der Waals surface area contributed by atoms with Crippen LogP contribution in [0.15, 0.2) is 18.2 Å². The first-order valence-corrected chi connectivity index (χ1v) is 5.07. The van der Waals surface area contributed by atoms with Crippen molar-refractivity contribution in [3.8, 4) is 0 Å². The van der Waals surface area contributed by atoms with Crippen LogP contribution in [0.3, 0.4) is 0 Å². The van der Waals surface area contributed by atoms with Crippen molar-refractivity contribution in [1.29, 1.82) is 0 Å². The molecule has 3 nitrogen and oxygen atoms in total. The Morgan fingerprint density at radius 2 is 2.27 bits per heavy atom. The maximum absolute atomic E-state index is 11.9. The van der Waals surface area contributed by atoms with Crippen molar-refractivity contribution in [3.63, 3.8) is 0 Å². The van der Waals surface area contributed by atoms with Gasteiger partial charge in [-0.25, -0.2) is 0 Å². The minimum absolute atomic E-state index is 0.0522. The van der Waals surface area contributed by atoms with Crippen molar-refractivity contribution in [1.82, 2.24) is 0 Å². The first-order valence-electron chi connectivity index (χ1n) is 5.07. The number of hydrogen-bond donors (Lipinski definition) is 1. The fourth-order valence-electron chi connectivity index (χ4n) is 1.81. The van der Waals surface area contributed by atoms with Gasteiger partial charge in [-0.1, -0.05) is 32.0 Å². The molecule has 0 bridgehead atoms. The third-order valence-corrected chi connectivity index (χ3v) is 2.63. The molecule has 1 aromatic carbocycles. The van der Waals surface area contributed by atoms with Crippen LogP contribution < -0.4 is 5.46 Å². The Balaban J connectivity index is 2.50. The van der Waals surface area contributed by atoms with Gasteiger partial charge in [-0.15, -0.1) is 0 Å². The molecule has 0 saturated carbocycles. The topological polar surface area (TPSA) is 46.5 Å². The number of benzene rings is 1. The molecule has 0 saturated heterocycles. The van der Waals surface area contributed by atoms with Gasteiger partial charge in [0.2, 0.25) is 0 Å². The Morgan fingerprint density at radius 1 is 1.53 bits per heavy atom. The van der Waals surface area contributed by atoms with Crippen molar-refractivity contribution >= 4 is 18.4 Å². The van der Waals surface area contributed by atoms with Gasteiger partial charge in [0.25, 0.3) is 0 Å². The molecule has 0 radical (unpaired) electrons. The van der Waals surface area contributed by atoms with Crippen molar-refractivity contribution in [2.45, 2.75) is 20.5 Å². The highest BCUT2D eigenvalue weighted by molar-refractivity contribution is 6.63. The van der Waals surface area contributed by atoms with Crippen molar-refractivity contribution in [2.24, 2.45) is 5.92 Å². The van der Waals surface area contributed by atoms with Gasteiger partial charge >= 0.3 is 7.12 Å². The molecule has 0 amide bonds. The molecular weight excluding hydrogens is 191 g/mol. The van der Waals surface area contributed by atoms with Gasteiger partial charge in [0.1, 0.15) is 0 Å². The minimum Gasteiger partial charge on any atom is -0.423 e. The van der Waals surface area contributed by atoms with Crippen LogP contribution in [0.2, 0.25) is 0 Å². The highest BCUT2D eigenvalue weighted by Gasteiger charge is 2.32. The van der Waals surface area contributed by atoms with E-state index in [2.05, 4.69) is 0 Å². The maximum Gasteiger partial charge on any atom is 0.492 e. The van der Waals surface area contributed by atoms with Crippen LogP contribution in [-0.4, -0.2) is 17.9 Å². The Morgan fingerprint density at radius 3 is 2.93 bits per heavy atom. The molecule has 2 rings (SSSR count). The predicted molar refractivity (Wildman–Crippen MR) is 58.0 cm³/mol. The Bertz CT molecular complexity index is 401.